The summed E-state index contributed by atoms with van der Waals surface area (Å²) in [4.78, 5) is 35.5. The lowest BCUT2D eigenvalue weighted by Gasteiger charge is -2.29. The lowest BCUT2D eigenvalue weighted by molar-refractivity contribution is -0.384. The number of nitrogens with one attached hydrogen (secondary N) is 2. The lowest BCUT2D eigenvalue weighted by atomic mass is 9.80. The number of nitro benzene ring substituents is 1. The highest BCUT2D eigenvalue weighted by Crippen LogP contribution is 2.33. The zero-order valence-electron chi connectivity index (χ0n) is 15.4. The normalized spacial score (nSPS) is 18.9. The number of halogens is 3. The summed E-state index contributed by atoms with van der Waals surface area (Å²) in [7, 11) is 0. The van der Waals surface area contributed by atoms with E-state index < -0.39 is 40.3 Å². The van der Waals surface area contributed by atoms with Gasteiger partial charge in [0, 0.05) is 29.4 Å². The van der Waals surface area contributed by atoms with Gasteiger partial charge in [0.25, 0.3) is 11.6 Å². The van der Waals surface area contributed by atoms with Crippen molar-refractivity contribution < 1.29 is 27.7 Å². The minimum atomic E-state index is -4.51. The van der Waals surface area contributed by atoms with E-state index in [-0.39, 0.29) is 11.4 Å². The van der Waals surface area contributed by atoms with Gasteiger partial charge in [0.15, 0.2) is 0 Å². The van der Waals surface area contributed by atoms with E-state index >= 15 is 0 Å². The molecule has 3 rings (SSSR count). The predicted octanol–water partition coefficient (Wildman–Crippen LogP) is 3.46. The van der Waals surface area contributed by atoms with Crippen LogP contribution in [0.4, 0.5) is 24.5 Å². The van der Waals surface area contributed by atoms with Crippen molar-refractivity contribution in [2.24, 2.45) is 11.0 Å². The summed E-state index contributed by atoms with van der Waals surface area (Å²) in [6.45, 7) is 1.59. The van der Waals surface area contributed by atoms with E-state index in [1.165, 1.54) is 24.3 Å². The second-order valence-electron chi connectivity index (χ2n) is 6.60. The number of nitrogens with zero attached hydrogens (tertiary/aromatic N) is 2. The molecule has 11 heteroatoms. The topological polar surface area (TPSA) is 114 Å². The van der Waals surface area contributed by atoms with Gasteiger partial charge in [0.1, 0.15) is 5.92 Å². The molecule has 2 amide bonds. The molecule has 1 aliphatic rings. The molecular weight excluding hydrogens is 405 g/mol. The number of alkyl halides is 3. The Morgan fingerprint density at radius 1 is 1.13 bits per heavy atom. The van der Waals surface area contributed by atoms with Crippen molar-refractivity contribution in [3.8, 4) is 0 Å². The molecule has 0 saturated carbocycles. The van der Waals surface area contributed by atoms with Gasteiger partial charge in [0.2, 0.25) is 5.91 Å². The van der Waals surface area contributed by atoms with Gasteiger partial charge >= 0.3 is 6.18 Å². The van der Waals surface area contributed by atoms with Crippen LogP contribution in [0.3, 0.4) is 0 Å². The van der Waals surface area contributed by atoms with Gasteiger partial charge in [-0.1, -0.05) is 12.1 Å². The highest BCUT2D eigenvalue weighted by Gasteiger charge is 2.40. The van der Waals surface area contributed by atoms with Crippen molar-refractivity contribution in [3.63, 3.8) is 0 Å². The van der Waals surface area contributed by atoms with Crippen LogP contribution in [-0.2, 0) is 15.8 Å². The minimum absolute atomic E-state index is 0.0865. The maximum Gasteiger partial charge on any atom is 0.416 e. The third-order valence-corrected chi connectivity index (χ3v) is 4.63. The van der Waals surface area contributed by atoms with Crippen LogP contribution in [0.25, 0.3) is 0 Å². The lowest BCUT2D eigenvalue weighted by Crippen LogP contribution is -2.46. The molecule has 8 nitrogen and oxygen atoms in total. The Morgan fingerprint density at radius 3 is 2.27 bits per heavy atom. The van der Waals surface area contributed by atoms with E-state index in [0.717, 1.165) is 24.3 Å². The number of carbonyl (C=O) groups excluding carboxylic acids is 2. The molecule has 0 radical (unpaired) electrons. The number of hydrogen-bond donors (Lipinski definition) is 2. The van der Waals surface area contributed by atoms with Crippen LogP contribution in [0.5, 0.6) is 0 Å². The first-order valence-corrected chi connectivity index (χ1v) is 8.64. The molecule has 0 fully saturated rings. The van der Waals surface area contributed by atoms with Crippen molar-refractivity contribution in [3.05, 3.63) is 69.8 Å². The molecule has 0 saturated heterocycles. The Kier molecular flexibility index (Phi) is 5.54. The van der Waals surface area contributed by atoms with E-state index in [1.54, 1.807) is 6.92 Å². The van der Waals surface area contributed by atoms with Crippen molar-refractivity contribution in [1.29, 1.82) is 0 Å². The van der Waals surface area contributed by atoms with Crippen LogP contribution >= 0.6 is 0 Å². The highest BCUT2D eigenvalue weighted by molar-refractivity contribution is 6.13. The van der Waals surface area contributed by atoms with Gasteiger partial charge in [-0.25, -0.2) is 5.43 Å². The fourth-order valence-electron chi connectivity index (χ4n) is 3.14. The Labute approximate surface area is 167 Å². The molecule has 0 spiro atoms. The summed E-state index contributed by atoms with van der Waals surface area (Å²) >= 11 is 0. The van der Waals surface area contributed by atoms with E-state index in [9.17, 15) is 32.9 Å². The number of non-ortho nitro benzene ring substituents is 1. The van der Waals surface area contributed by atoms with E-state index in [0.29, 0.717) is 11.3 Å². The zero-order chi connectivity index (χ0) is 22.1. The third kappa shape index (κ3) is 4.29. The molecule has 2 unspecified atom stereocenters. The molecule has 1 aliphatic heterocycles. The number of hydrogen-bond acceptors (Lipinski definition) is 5. The maximum atomic E-state index is 12.8. The first kappa shape index (κ1) is 21.0. The van der Waals surface area contributed by atoms with Gasteiger partial charge in [-0.15, -0.1) is 0 Å². The van der Waals surface area contributed by atoms with Crippen molar-refractivity contribution in [1.82, 2.24) is 5.43 Å². The van der Waals surface area contributed by atoms with E-state index in [1.807, 2.05) is 0 Å². The molecule has 30 heavy (non-hydrogen) atoms. The summed E-state index contributed by atoms with van der Waals surface area (Å²) in [6, 6.07) is 9.16. The van der Waals surface area contributed by atoms with Gasteiger partial charge in [-0.3, -0.25) is 19.7 Å². The molecule has 0 bridgehead atoms. The predicted molar refractivity (Wildman–Crippen MR) is 101 cm³/mol. The maximum absolute atomic E-state index is 12.8. The van der Waals surface area contributed by atoms with Crippen LogP contribution in [0.15, 0.2) is 53.6 Å². The number of carbonyl (C=O) groups is 2. The van der Waals surface area contributed by atoms with Crippen molar-refractivity contribution in [2.45, 2.75) is 19.0 Å². The summed E-state index contributed by atoms with van der Waals surface area (Å²) in [5, 5.41) is 17.2. The summed E-state index contributed by atoms with van der Waals surface area (Å²) in [6.07, 6.45) is -4.51. The Morgan fingerprint density at radius 2 is 1.73 bits per heavy atom. The second-order valence-corrected chi connectivity index (χ2v) is 6.60. The molecule has 2 aromatic rings. The fourth-order valence-corrected chi connectivity index (χ4v) is 3.14. The number of hydrazone groups is 1. The number of amides is 2. The summed E-state index contributed by atoms with van der Waals surface area (Å²) in [5.74, 6) is -3.52. The molecule has 2 atom stereocenters. The third-order valence-electron chi connectivity index (χ3n) is 4.63. The number of nitro groups is 1. The average molecular weight is 420 g/mol. The summed E-state index contributed by atoms with van der Waals surface area (Å²) < 4.78 is 38.1. The Balaban J connectivity index is 1.87. The van der Waals surface area contributed by atoms with Crippen LogP contribution in [-0.4, -0.2) is 22.4 Å². The minimum Gasteiger partial charge on any atom is -0.325 e. The monoisotopic (exact) mass is 420 g/mol. The first-order valence-electron chi connectivity index (χ1n) is 8.64. The van der Waals surface area contributed by atoms with Crippen LogP contribution in [0, 0.1) is 16.0 Å². The Hall–Kier alpha value is -3.76. The van der Waals surface area contributed by atoms with Crippen LogP contribution in [0.1, 0.15) is 24.0 Å². The Bertz CT molecular complexity index is 1020. The number of anilines is 1. The van der Waals surface area contributed by atoms with Gasteiger partial charge in [-0.05, 0) is 36.8 Å². The van der Waals surface area contributed by atoms with Crippen molar-refractivity contribution >= 4 is 28.9 Å². The first-order chi connectivity index (χ1) is 14.1. The van der Waals surface area contributed by atoms with E-state index in [2.05, 4.69) is 15.8 Å². The number of rotatable bonds is 4. The molecular formula is C19H15F3N4O4. The molecule has 0 aromatic heterocycles. The van der Waals surface area contributed by atoms with E-state index in [4.69, 9.17) is 0 Å². The quantitative estimate of drug-likeness (QED) is 0.448. The molecule has 0 aliphatic carbocycles. The molecule has 2 aromatic carbocycles. The molecule has 1 heterocycles. The second kappa shape index (κ2) is 7.93. The summed E-state index contributed by atoms with van der Waals surface area (Å²) in [5.41, 5.74) is 2.16. The SMILES string of the molecule is CC1=NNC(=O)C(C(=O)Nc2ccc(C(F)(F)F)cc2)C1c1ccc([N+](=O)[O-])cc1. The molecule has 156 valence electrons. The largest absolute Gasteiger partial charge is 0.416 e. The highest BCUT2D eigenvalue weighted by atomic mass is 19.4. The van der Waals surface area contributed by atoms with Gasteiger partial charge < -0.3 is 5.32 Å². The van der Waals surface area contributed by atoms with Gasteiger partial charge in [-0.2, -0.15) is 18.3 Å². The smallest absolute Gasteiger partial charge is 0.325 e. The fraction of sp³-hybridized carbons (Fsp3) is 0.211. The standard InChI is InChI=1S/C19H15F3N4O4/c1-10-15(11-2-8-14(9-3-11)26(29)30)16(18(28)25-24-10)17(27)23-13-6-4-12(5-7-13)19(20,21)22/h2-9,15-16H,1H3,(H,23,27)(H,25,28). The molecule has 2 N–H and O–H groups in total. The van der Waals surface area contributed by atoms with Gasteiger partial charge in [0.05, 0.1) is 10.5 Å². The van der Waals surface area contributed by atoms with Crippen molar-refractivity contribution in [2.75, 3.05) is 5.32 Å². The zero-order valence-corrected chi connectivity index (χ0v) is 15.4. The number of benzene rings is 2. The average Bonchev–Trinajstić information content (AvgIpc) is 2.69. The van der Waals surface area contributed by atoms with Crippen LogP contribution < -0.4 is 10.7 Å². The van der Waals surface area contributed by atoms with Crippen LogP contribution in [0.2, 0.25) is 0 Å².